The molecule has 2 atom stereocenters. The second-order valence-corrected chi connectivity index (χ2v) is 23.0. The van der Waals surface area contributed by atoms with E-state index in [9.17, 15) is 19.0 Å². The zero-order valence-electron chi connectivity index (χ0n) is 54.7. The topological polar surface area (TPSA) is 134 Å². The molecule has 2 unspecified atom stereocenters. The van der Waals surface area contributed by atoms with Crippen molar-refractivity contribution in [2.24, 2.45) is 5.73 Å². The number of nitrogens with two attached hydrogens (primary N) is 1. The Morgan fingerprint density at radius 3 is 0.885 bits per heavy atom. The third kappa shape index (κ3) is 69.8. The maximum absolute atomic E-state index is 12.7. The molecule has 0 aliphatic carbocycles. The maximum atomic E-state index is 12.7. The molecule has 0 aromatic carbocycles. The van der Waals surface area contributed by atoms with Crippen LogP contribution >= 0.6 is 7.82 Å². The lowest BCUT2D eigenvalue weighted by Gasteiger charge is -2.19. The van der Waals surface area contributed by atoms with Gasteiger partial charge in [0.15, 0.2) is 6.10 Å². The summed E-state index contributed by atoms with van der Waals surface area (Å²) in [6, 6.07) is 0. The van der Waals surface area contributed by atoms with Crippen LogP contribution < -0.4 is 5.73 Å². The minimum atomic E-state index is -4.41. The fraction of sp³-hybridized carbons (Fsp3) is 0.558. The fourth-order valence-corrected chi connectivity index (χ4v) is 9.31. The third-order valence-corrected chi connectivity index (χ3v) is 14.5. The van der Waals surface area contributed by atoms with Gasteiger partial charge in [-0.2, -0.15) is 0 Å². The van der Waals surface area contributed by atoms with Crippen LogP contribution in [-0.2, 0) is 32.7 Å². The lowest BCUT2D eigenvalue weighted by Crippen LogP contribution is -2.29. The van der Waals surface area contributed by atoms with Crippen molar-refractivity contribution in [2.75, 3.05) is 26.4 Å². The summed E-state index contributed by atoms with van der Waals surface area (Å²) in [6.45, 7) is 3.47. The smallest absolute Gasteiger partial charge is 0.462 e. The van der Waals surface area contributed by atoms with Gasteiger partial charge < -0.3 is 20.1 Å². The third-order valence-electron chi connectivity index (χ3n) is 13.5. The van der Waals surface area contributed by atoms with Crippen molar-refractivity contribution in [3.8, 4) is 0 Å². The molecule has 0 fully saturated rings. The molecule has 0 saturated carbocycles. The number of unbranched alkanes of at least 4 members (excludes halogenated alkanes) is 16. The minimum Gasteiger partial charge on any atom is -0.462 e. The number of rotatable bonds is 61. The first kappa shape index (κ1) is 81.8. The second-order valence-electron chi connectivity index (χ2n) is 21.6. The normalized spacial score (nSPS) is 14.2. The van der Waals surface area contributed by atoms with Crippen LogP contribution in [0.25, 0.3) is 0 Å². The van der Waals surface area contributed by atoms with Gasteiger partial charge in [0, 0.05) is 19.4 Å². The average Bonchev–Trinajstić information content (AvgIpc) is 3.65. The zero-order chi connectivity index (χ0) is 63.0. The molecule has 0 bridgehead atoms. The molecule has 9 nitrogen and oxygen atoms in total. The van der Waals surface area contributed by atoms with Crippen molar-refractivity contribution in [3.05, 3.63) is 194 Å². The highest BCUT2D eigenvalue weighted by Gasteiger charge is 2.26. The van der Waals surface area contributed by atoms with Crippen LogP contribution in [-0.4, -0.2) is 49.3 Å². The van der Waals surface area contributed by atoms with E-state index < -0.39 is 32.5 Å². The van der Waals surface area contributed by atoms with E-state index in [1.54, 1.807) is 0 Å². The van der Waals surface area contributed by atoms with E-state index in [1.165, 1.54) is 57.8 Å². The number of ether oxygens (including phenoxy) is 2. The van der Waals surface area contributed by atoms with E-state index in [0.29, 0.717) is 6.42 Å². The van der Waals surface area contributed by atoms with Gasteiger partial charge in [-0.05, 0) is 141 Å². The Hall–Kier alpha value is -5.15. The van der Waals surface area contributed by atoms with Crippen LogP contribution in [0.2, 0.25) is 0 Å². The molecule has 87 heavy (non-hydrogen) atoms. The van der Waals surface area contributed by atoms with Crippen molar-refractivity contribution in [1.82, 2.24) is 0 Å². The summed E-state index contributed by atoms with van der Waals surface area (Å²) in [7, 11) is -4.41. The Balaban J connectivity index is 4.05. The highest BCUT2D eigenvalue weighted by molar-refractivity contribution is 7.47. The van der Waals surface area contributed by atoms with Crippen molar-refractivity contribution >= 4 is 19.8 Å². The summed E-state index contributed by atoms with van der Waals surface area (Å²) in [5, 5.41) is 0. The molecule has 10 heteroatoms. The number of carbonyl (C=O) groups excluding carboxylic acids is 2. The van der Waals surface area contributed by atoms with Gasteiger partial charge in [0.25, 0.3) is 0 Å². The van der Waals surface area contributed by atoms with Crippen molar-refractivity contribution in [3.63, 3.8) is 0 Å². The average molecular weight is 1220 g/mol. The molecule has 0 radical (unpaired) electrons. The van der Waals surface area contributed by atoms with Gasteiger partial charge in [-0.3, -0.25) is 18.6 Å². The van der Waals surface area contributed by atoms with E-state index in [2.05, 4.69) is 208 Å². The number of esters is 2. The molecule has 0 rings (SSSR count). The van der Waals surface area contributed by atoms with Gasteiger partial charge >= 0.3 is 19.8 Å². The molecule has 0 amide bonds. The molecule has 0 aliphatic rings. The Morgan fingerprint density at radius 2 is 0.598 bits per heavy atom. The summed E-state index contributed by atoms with van der Waals surface area (Å²) in [5.41, 5.74) is 5.39. The predicted molar refractivity (Wildman–Crippen MR) is 375 cm³/mol. The van der Waals surface area contributed by atoms with Gasteiger partial charge in [-0.1, -0.05) is 285 Å². The summed E-state index contributed by atoms with van der Waals surface area (Å²) < 4.78 is 33.1. The van der Waals surface area contributed by atoms with Crippen LogP contribution in [0.1, 0.15) is 245 Å². The number of hydrogen-bond acceptors (Lipinski definition) is 8. The van der Waals surface area contributed by atoms with E-state index in [4.69, 9.17) is 24.3 Å². The molecular formula is C77H122NO8P. The van der Waals surface area contributed by atoms with Crippen LogP contribution in [0.15, 0.2) is 194 Å². The van der Waals surface area contributed by atoms with Crippen molar-refractivity contribution in [2.45, 2.75) is 251 Å². The first-order valence-electron chi connectivity index (χ1n) is 33.9. The molecule has 0 aliphatic heterocycles. The van der Waals surface area contributed by atoms with E-state index >= 15 is 0 Å². The predicted octanol–water partition coefficient (Wildman–Crippen LogP) is 22.5. The van der Waals surface area contributed by atoms with Crippen LogP contribution in [0.5, 0.6) is 0 Å². The quantitative estimate of drug-likeness (QED) is 0.0264. The molecular weight excluding hydrogens is 1100 g/mol. The van der Waals surface area contributed by atoms with Crippen LogP contribution in [0.3, 0.4) is 0 Å². The summed E-state index contributed by atoms with van der Waals surface area (Å²) >= 11 is 0. The highest BCUT2D eigenvalue weighted by Crippen LogP contribution is 2.43. The second kappa shape index (κ2) is 69.9. The summed E-state index contributed by atoms with van der Waals surface area (Å²) in [6.07, 6.45) is 106. The van der Waals surface area contributed by atoms with Gasteiger partial charge in [0.1, 0.15) is 6.61 Å². The highest BCUT2D eigenvalue weighted by atomic mass is 31.2. The summed E-state index contributed by atoms with van der Waals surface area (Å²) in [5.74, 6) is -0.871. The number of allylic oxidation sites excluding steroid dienone is 32. The van der Waals surface area contributed by atoms with Crippen molar-refractivity contribution in [1.29, 1.82) is 0 Å². The Morgan fingerprint density at radius 1 is 0.345 bits per heavy atom. The molecule has 0 aromatic heterocycles. The SMILES string of the molecule is CC/C=C\C/C=C\C/C=C\C/C=C\C/C=C\C/C=C\C/C=C\C/C=C\C/C=C\C/C=C\C/C=C\C/C=C\CCCCCCC(=O)OC(COC(=O)CCCCCCCCCCCCCC/C=C\C/C=C\C/C=C\C/C=C\CC)COP(=O)(O)OCCN. The number of hydrogen-bond donors (Lipinski definition) is 2. The first-order valence-corrected chi connectivity index (χ1v) is 35.4. The first-order chi connectivity index (χ1) is 42.8. The van der Waals surface area contributed by atoms with E-state index in [1.807, 2.05) is 0 Å². The molecule has 488 valence electrons. The zero-order valence-corrected chi connectivity index (χ0v) is 55.6. The largest absolute Gasteiger partial charge is 0.472 e. The fourth-order valence-electron chi connectivity index (χ4n) is 8.55. The minimum absolute atomic E-state index is 0.0387. The molecule has 3 N–H and O–H groups in total. The molecule has 0 saturated heterocycles. The molecule has 0 spiro atoms. The number of carbonyl (C=O) groups is 2. The van der Waals surface area contributed by atoms with E-state index in [-0.39, 0.29) is 32.6 Å². The monoisotopic (exact) mass is 1220 g/mol. The van der Waals surface area contributed by atoms with Crippen LogP contribution in [0.4, 0.5) is 0 Å². The van der Waals surface area contributed by atoms with Crippen LogP contribution in [0, 0.1) is 0 Å². The number of phosphoric acid groups is 1. The van der Waals surface area contributed by atoms with Gasteiger partial charge in [-0.25, -0.2) is 4.57 Å². The Bertz CT molecular complexity index is 2130. The lowest BCUT2D eigenvalue weighted by molar-refractivity contribution is -0.161. The lowest BCUT2D eigenvalue weighted by atomic mass is 10.0. The van der Waals surface area contributed by atoms with E-state index in [0.717, 1.165) is 154 Å². The Labute approximate surface area is 532 Å². The maximum Gasteiger partial charge on any atom is 0.472 e. The van der Waals surface area contributed by atoms with Crippen molar-refractivity contribution < 1.29 is 37.6 Å². The molecule has 0 heterocycles. The van der Waals surface area contributed by atoms with Gasteiger partial charge in [-0.15, -0.1) is 0 Å². The summed E-state index contributed by atoms with van der Waals surface area (Å²) in [4.78, 5) is 35.3. The molecule has 0 aromatic rings. The Kier molecular flexibility index (Phi) is 65.8. The van der Waals surface area contributed by atoms with Gasteiger partial charge in [0.2, 0.25) is 0 Å². The van der Waals surface area contributed by atoms with Gasteiger partial charge in [0.05, 0.1) is 13.2 Å². The standard InChI is InChI=1S/C77H122NO8P/c1-3-5-7-9-11-13-15-17-19-21-23-25-27-29-30-31-32-33-34-35-36-37-38-39-40-41-42-43-44-46-48-50-52-54-56-58-60-62-64-66-68-70-77(80)86-75(74-85-87(81,82)84-72-71-78)73-83-76(79)69-67-65-63-61-59-57-55-53-51-49-47-45-28-26-24-22-20-18-16-14-12-10-8-6-4-2/h5-8,11-14,17-20,23-26,29-30,32-33,35-36,38-39,41-42,44,46,50,52,56,58,75H,3-4,9-10,15-16,21-22,27-28,31,34,37,40,43,45,47-49,51,53-55,57,59-74,78H2,1-2H3,(H,81,82)/b7-5-,8-6-,13-11-,14-12-,19-17-,20-18-,25-23-,26-24-,30-29-,33-32-,36-35-,39-38-,42-41-,46-44-,52-50-,58-56-. The number of phosphoric ester groups is 1.